The summed E-state index contributed by atoms with van der Waals surface area (Å²) >= 11 is 5.08. The Hall–Kier alpha value is -1.95. The molecule has 3 N–H and O–H groups in total. The summed E-state index contributed by atoms with van der Waals surface area (Å²) in [5.74, 6) is -0.193. The molecule has 0 fully saturated rings. The van der Waals surface area contributed by atoms with E-state index in [0.29, 0.717) is 12.1 Å². The fraction of sp³-hybridized carbons (Fsp3) is 0.400. The van der Waals surface area contributed by atoms with Gasteiger partial charge >= 0.3 is 0 Å². The maximum atomic E-state index is 11.6. The van der Waals surface area contributed by atoms with Crippen molar-refractivity contribution in [1.82, 2.24) is 5.32 Å². The van der Waals surface area contributed by atoms with Crippen LogP contribution in [-0.4, -0.2) is 16.9 Å². The molecule has 0 heterocycles. The number of amides is 2. The van der Waals surface area contributed by atoms with Crippen molar-refractivity contribution in [3.05, 3.63) is 24.3 Å². The first-order valence-electron chi connectivity index (χ1n) is 6.99. The van der Waals surface area contributed by atoms with Crippen LogP contribution in [0.5, 0.6) is 0 Å². The van der Waals surface area contributed by atoms with Crippen LogP contribution in [0.1, 0.15) is 39.5 Å². The van der Waals surface area contributed by atoms with Crippen LogP contribution in [0, 0.1) is 0 Å². The van der Waals surface area contributed by atoms with Crippen molar-refractivity contribution in [1.29, 1.82) is 0 Å². The van der Waals surface area contributed by atoms with Crippen LogP contribution in [0.2, 0.25) is 0 Å². The highest BCUT2D eigenvalue weighted by molar-refractivity contribution is 7.80. The molecule has 21 heavy (non-hydrogen) atoms. The zero-order valence-corrected chi connectivity index (χ0v) is 13.2. The molecule has 1 rings (SSSR count). The molecule has 0 spiro atoms. The van der Waals surface area contributed by atoms with Gasteiger partial charge in [0.1, 0.15) is 0 Å². The van der Waals surface area contributed by atoms with E-state index in [9.17, 15) is 9.59 Å². The van der Waals surface area contributed by atoms with Crippen LogP contribution in [0.3, 0.4) is 0 Å². The molecule has 2 amide bonds. The lowest BCUT2D eigenvalue weighted by molar-refractivity contribution is -0.119. The summed E-state index contributed by atoms with van der Waals surface area (Å²) in [6.07, 6.45) is 3.47. The van der Waals surface area contributed by atoms with Gasteiger partial charge < -0.3 is 16.0 Å². The number of carbonyl (C=O) groups excluding carboxylic acids is 2. The molecule has 0 saturated heterocycles. The molecule has 0 saturated carbocycles. The molecule has 0 aliphatic rings. The number of carbonyl (C=O) groups is 2. The van der Waals surface area contributed by atoms with E-state index in [1.165, 1.54) is 6.92 Å². The average Bonchev–Trinajstić information content (AvgIpc) is 2.40. The number of unbranched alkanes of at least 4 members (excludes halogenated alkanes) is 2. The quantitative estimate of drug-likeness (QED) is 0.558. The molecule has 0 bridgehead atoms. The second-order valence-corrected chi connectivity index (χ2v) is 5.13. The zero-order valence-electron chi connectivity index (χ0n) is 12.4. The van der Waals surface area contributed by atoms with Crippen molar-refractivity contribution < 1.29 is 9.59 Å². The maximum Gasteiger partial charge on any atom is 0.226 e. The van der Waals surface area contributed by atoms with Gasteiger partial charge in [-0.15, -0.1) is 0 Å². The van der Waals surface area contributed by atoms with Crippen LogP contribution in [0.15, 0.2) is 24.3 Å². The van der Waals surface area contributed by atoms with Crippen LogP contribution in [0.4, 0.5) is 11.4 Å². The minimum atomic E-state index is -0.120. The van der Waals surface area contributed by atoms with E-state index >= 15 is 0 Å². The van der Waals surface area contributed by atoms with Crippen molar-refractivity contribution >= 4 is 40.5 Å². The van der Waals surface area contributed by atoms with Gasteiger partial charge in [-0.2, -0.15) is 0 Å². The third kappa shape index (κ3) is 7.41. The summed E-state index contributed by atoms with van der Waals surface area (Å²) in [6, 6.07) is 7.08. The molecule has 1 aromatic carbocycles. The molecule has 0 radical (unpaired) electrons. The SMILES string of the molecule is CCCCCC(=O)NC(=S)Nc1ccc(NC(C)=O)cc1. The highest BCUT2D eigenvalue weighted by Crippen LogP contribution is 2.13. The van der Waals surface area contributed by atoms with Gasteiger partial charge in [0.2, 0.25) is 11.8 Å². The fourth-order valence-corrected chi connectivity index (χ4v) is 1.96. The monoisotopic (exact) mass is 307 g/mol. The van der Waals surface area contributed by atoms with Crippen LogP contribution >= 0.6 is 12.2 Å². The lowest BCUT2D eigenvalue weighted by atomic mass is 10.2. The fourth-order valence-electron chi connectivity index (χ4n) is 1.73. The predicted molar refractivity (Wildman–Crippen MR) is 89.3 cm³/mol. The second kappa shape index (κ2) is 9.07. The summed E-state index contributed by atoms with van der Waals surface area (Å²) in [6.45, 7) is 3.55. The molecular weight excluding hydrogens is 286 g/mol. The second-order valence-electron chi connectivity index (χ2n) is 4.72. The minimum Gasteiger partial charge on any atom is -0.332 e. The lowest BCUT2D eigenvalue weighted by Gasteiger charge is -2.10. The molecule has 0 atom stereocenters. The van der Waals surface area contributed by atoms with Gasteiger partial charge in [0.15, 0.2) is 5.11 Å². The summed E-state index contributed by atoms with van der Waals surface area (Å²) < 4.78 is 0. The van der Waals surface area contributed by atoms with Gasteiger partial charge in [0.25, 0.3) is 0 Å². The Labute approximate surface area is 130 Å². The molecule has 114 valence electrons. The number of thiocarbonyl (C=S) groups is 1. The van der Waals surface area contributed by atoms with Gasteiger partial charge in [-0.05, 0) is 42.9 Å². The summed E-state index contributed by atoms with van der Waals surface area (Å²) in [7, 11) is 0. The molecule has 0 aromatic heterocycles. The third-order valence-corrected chi connectivity index (χ3v) is 2.93. The van der Waals surface area contributed by atoms with Crippen molar-refractivity contribution in [2.45, 2.75) is 39.5 Å². The lowest BCUT2D eigenvalue weighted by Crippen LogP contribution is -2.33. The Bertz CT molecular complexity index is 500. The molecule has 5 nitrogen and oxygen atoms in total. The number of hydrogen-bond acceptors (Lipinski definition) is 3. The standard InChI is InChI=1S/C15H21N3O2S/c1-3-4-5-6-14(20)18-15(21)17-13-9-7-12(8-10-13)16-11(2)19/h7-10H,3-6H2,1-2H3,(H,16,19)(H2,17,18,20,21). The topological polar surface area (TPSA) is 70.2 Å². The Morgan fingerprint density at radius 3 is 2.14 bits per heavy atom. The van der Waals surface area contributed by atoms with Crippen molar-refractivity contribution in [3.8, 4) is 0 Å². The maximum absolute atomic E-state index is 11.6. The van der Waals surface area contributed by atoms with E-state index in [1.807, 2.05) is 0 Å². The number of rotatable bonds is 6. The van der Waals surface area contributed by atoms with E-state index in [0.717, 1.165) is 24.9 Å². The summed E-state index contributed by atoms with van der Waals surface area (Å²) in [5.41, 5.74) is 1.46. The first kappa shape index (κ1) is 17.1. The van der Waals surface area contributed by atoms with E-state index in [2.05, 4.69) is 22.9 Å². The van der Waals surface area contributed by atoms with Crippen LogP contribution < -0.4 is 16.0 Å². The van der Waals surface area contributed by atoms with Gasteiger partial charge in [0.05, 0.1) is 0 Å². The minimum absolute atomic E-state index is 0.0733. The predicted octanol–water partition coefficient (Wildman–Crippen LogP) is 3.04. The Kier molecular flexibility index (Phi) is 7.39. The zero-order chi connectivity index (χ0) is 15.7. The smallest absolute Gasteiger partial charge is 0.226 e. The average molecular weight is 307 g/mol. The Morgan fingerprint density at radius 1 is 1.05 bits per heavy atom. The van der Waals surface area contributed by atoms with Crippen molar-refractivity contribution in [2.75, 3.05) is 10.6 Å². The van der Waals surface area contributed by atoms with E-state index < -0.39 is 0 Å². The highest BCUT2D eigenvalue weighted by Gasteiger charge is 2.04. The van der Waals surface area contributed by atoms with E-state index in [-0.39, 0.29) is 16.9 Å². The number of hydrogen-bond donors (Lipinski definition) is 3. The third-order valence-electron chi connectivity index (χ3n) is 2.72. The number of anilines is 2. The molecule has 0 unspecified atom stereocenters. The van der Waals surface area contributed by atoms with Gasteiger partial charge in [-0.1, -0.05) is 19.8 Å². The number of benzene rings is 1. The molecule has 1 aromatic rings. The normalized spacial score (nSPS) is 9.81. The molecule has 0 aliphatic carbocycles. The van der Waals surface area contributed by atoms with Gasteiger partial charge in [0, 0.05) is 24.7 Å². The molecule has 6 heteroatoms. The van der Waals surface area contributed by atoms with Crippen molar-refractivity contribution in [2.24, 2.45) is 0 Å². The largest absolute Gasteiger partial charge is 0.332 e. The highest BCUT2D eigenvalue weighted by atomic mass is 32.1. The van der Waals surface area contributed by atoms with E-state index in [4.69, 9.17) is 12.2 Å². The molecular formula is C15H21N3O2S. The first-order valence-corrected chi connectivity index (χ1v) is 7.40. The number of nitrogens with one attached hydrogen (secondary N) is 3. The van der Waals surface area contributed by atoms with Gasteiger partial charge in [-0.3, -0.25) is 9.59 Å². The Morgan fingerprint density at radius 2 is 1.62 bits per heavy atom. The van der Waals surface area contributed by atoms with Crippen LogP contribution in [-0.2, 0) is 9.59 Å². The van der Waals surface area contributed by atoms with Gasteiger partial charge in [-0.25, -0.2) is 0 Å². The first-order chi connectivity index (χ1) is 10.0. The van der Waals surface area contributed by atoms with E-state index in [1.54, 1.807) is 24.3 Å². The van der Waals surface area contributed by atoms with Crippen molar-refractivity contribution in [3.63, 3.8) is 0 Å². The van der Waals surface area contributed by atoms with Crippen LogP contribution in [0.25, 0.3) is 0 Å². The molecule has 0 aliphatic heterocycles. The summed E-state index contributed by atoms with van der Waals surface area (Å²) in [5, 5.41) is 8.53. The summed E-state index contributed by atoms with van der Waals surface area (Å²) in [4.78, 5) is 22.5. The Balaban J connectivity index is 2.40.